The fraction of sp³-hybridized carbons (Fsp3) is 0.154. The Hall–Kier alpha value is -1.70. The van der Waals surface area contributed by atoms with Crippen molar-refractivity contribution in [2.75, 3.05) is 11.6 Å². The molecule has 1 amide bonds. The van der Waals surface area contributed by atoms with Crippen molar-refractivity contribution in [3.63, 3.8) is 0 Å². The van der Waals surface area contributed by atoms with Gasteiger partial charge in [0.1, 0.15) is 6.04 Å². The van der Waals surface area contributed by atoms with Gasteiger partial charge in [0.05, 0.1) is 10.6 Å². The molecule has 0 saturated carbocycles. The molecule has 3 N–H and O–H groups in total. The highest BCUT2D eigenvalue weighted by molar-refractivity contribution is 7.90. The third-order valence-corrected chi connectivity index (χ3v) is 4.79. The van der Waals surface area contributed by atoms with Gasteiger partial charge in [0.15, 0.2) is 9.84 Å². The summed E-state index contributed by atoms with van der Waals surface area (Å²) in [6.07, 6.45) is 1.09. The van der Waals surface area contributed by atoms with Crippen LogP contribution in [0.5, 0.6) is 0 Å². The third kappa shape index (κ3) is 3.24. The molecule has 1 unspecified atom stereocenters. The summed E-state index contributed by atoms with van der Waals surface area (Å²) in [6, 6.07) is 8.99. The first kappa shape index (κ1) is 14.7. The van der Waals surface area contributed by atoms with Crippen LogP contribution in [0.25, 0.3) is 0 Å². The Morgan fingerprint density at radius 2 is 1.95 bits per heavy atom. The predicted molar refractivity (Wildman–Crippen MR) is 79.4 cm³/mol. The summed E-state index contributed by atoms with van der Waals surface area (Å²) in [4.78, 5) is 12.9. The van der Waals surface area contributed by atoms with Gasteiger partial charge in [-0.05, 0) is 23.6 Å². The van der Waals surface area contributed by atoms with Gasteiger partial charge in [-0.1, -0.05) is 18.2 Å². The van der Waals surface area contributed by atoms with Crippen LogP contribution in [0.1, 0.15) is 10.9 Å². The summed E-state index contributed by atoms with van der Waals surface area (Å²) in [5.41, 5.74) is 6.08. The number of amides is 1. The van der Waals surface area contributed by atoms with Crippen LogP contribution in [0.15, 0.2) is 46.7 Å². The molecule has 0 aliphatic carbocycles. The van der Waals surface area contributed by atoms with E-state index in [1.807, 2.05) is 5.38 Å². The maximum atomic E-state index is 12.1. The molecule has 0 radical (unpaired) electrons. The van der Waals surface area contributed by atoms with Crippen molar-refractivity contribution in [3.8, 4) is 0 Å². The van der Waals surface area contributed by atoms with Gasteiger partial charge >= 0.3 is 0 Å². The number of para-hydroxylation sites is 1. The first-order valence-corrected chi connectivity index (χ1v) is 8.55. The molecule has 106 valence electrons. The van der Waals surface area contributed by atoms with Gasteiger partial charge in [-0.3, -0.25) is 4.79 Å². The van der Waals surface area contributed by atoms with Crippen LogP contribution >= 0.6 is 11.3 Å². The minimum absolute atomic E-state index is 0.0757. The normalized spacial score (nSPS) is 12.9. The zero-order valence-electron chi connectivity index (χ0n) is 10.7. The minimum atomic E-state index is -3.41. The van der Waals surface area contributed by atoms with Crippen LogP contribution in [0, 0.1) is 0 Å². The van der Waals surface area contributed by atoms with E-state index in [2.05, 4.69) is 5.32 Å². The second-order valence-corrected chi connectivity index (χ2v) is 7.21. The van der Waals surface area contributed by atoms with Crippen LogP contribution < -0.4 is 11.1 Å². The summed E-state index contributed by atoms with van der Waals surface area (Å²) in [7, 11) is -3.41. The summed E-state index contributed by atoms with van der Waals surface area (Å²) >= 11 is 1.38. The fourth-order valence-corrected chi connectivity index (χ4v) is 3.27. The lowest BCUT2D eigenvalue weighted by atomic mass is 10.2. The molecule has 7 heteroatoms. The Morgan fingerprint density at radius 3 is 2.55 bits per heavy atom. The molecular formula is C13H14N2O3S2. The van der Waals surface area contributed by atoms with E-state index in [9.17, 15) is 13.2 Å². The van der Waals surface area contributed by atoms with Crippen LogP contribution in [-0.4, -0.2) is 20.6 Å². The van der Waals surface area contributed by atoms with E-state index >= 15 is 0 Å². The highest BCUT2D eigenvalue weighted by Crippen LogP contribution is 2.23. The quantitative estimate of drug-likeness (QED) is 0.901. The molecule has 1 heterocycles. The summed E-state index contributed by atoms with van der Waals surface area (Å²) in [6.45, 7) is 0. The van der Waals surface area contributed by atoms with Crippen molar-refractivity contribution in [2.45, 2.75) is 10.9 Å². The van der Waals surface area contributed by atoms with Crippen molar-refractivity contribution >= 4 is 32.8 Å². The molecule has 5 nitrogen and oxygen atoms in total. The predicted octanol–water partition coefficient (Wildman–Crippen LogP) is 1.79. The van der Waals surface area contributed by atoms with Crippen LogP contribution in [-0.2, 0) is 14.6 Å². The van der Waals surface area contributed by atoms with E-state index < -0.39 is 21.8 Å². The van der Waals surface area contributed by atoms with E-state index in [-0.39, 0.29) is 10.6 Å². The number of benzene rings is 1. The number of thiophene rings is 1. The molecule has 0 bridgehead atoms. The number of nitrogens with one attached hydrogen (secondary N) is 1. The molecule has 0 spiro atoms. The summed E-state index contributed by atoms with van der Waals surface area (Å²) in [5, 5.41) is 4.39. The summed E-state index contributed by atoms with van der Waals surface area (Å²) in [5.74, 6) is -0.441. The first-order chi connectivity index (χ1) is 9.39. The SMILES string of the molecule is CS(=O)(=O)c1ccccc1NC(=O)C(N)c1cccs1. The van der Waals surface area contributed by atoms with E-state index in [0.717, 1.165) is 11.1 Å². The number of nitrogens with two attached hydrogens (primary N) is 1. The molecule has 0 aliphatic rings. The lowest BCUT2D eigenvalue weighted by Crippen LogP contribution is -2.27. The Labute approximate surface area is 121 Å². The summed E-state index contributed by atoms with van der Waals surface area (Å²) < 4.78 is 23.3. The van der Waals surface area contributed by atoms with E-state index in [1.54, 1.807) is 24.3 Å². The molecular weight excluding hydrogens is 296 g/mol. The van der Waals surface area contributed by atoms with Crippen LogP contribution in [0.4, 0.5) is 5.69 Å². The highest BCUT2D eigenvalue weighted by atomic mass is 32.2. The fourth-order valence-electron chi connectivity index (χ4n) is 1.70. The molecule has 1 aromatic carbocycles. The minimum Gasteiger partial charge on any atom is -0.323 e. The van der Waals surface area contributed by atoms with E-state index in [0.29, 0.717) is 0 Å². The number of anilines is 1. The van der Waals surface area contributed by atoms with E-state index in [1.165, 1.54) is 23.5 Å². The zero-order chi connectivity index (χ0) is 14.8. The Morgan fingerprint density at radius 1 is 1.25 bits per heavy atom. The maximum Gasteiger partial charge on any atom is 0.246 e. The Balaban J connectivity index is 2.25. The average molecular weight is 310 g/mol. The standard InChI is InChI=1S/C13H14N2O3S2/c1-20(17,18)11-7-3-2-5-9(11)15-13(16)12(14)10-6-4-8-19-10/h2-8,12H,14H2,1H3,(H,15,16). The molecule has 1 atom stereocenters. The average Bonchev–Trinajstić information content (AvgIpc) is 2.91. The lowest BCUT2D eigenvalue weighted by Gasteiger charge is -2.13. The molecule has 20 heavy (non-hydrogen) atoms. The van der Waals surface area contributed by atoms with Gasteiger partial charge < -0.3 is 11.1 Å². The maximum absolute atomic E-state index is 12.1. The number of rotatable bonds is 4. The van der Waals surface area contributed by atoms with Gasteiger partial charge in [0, 0.05) is 11.1 Å². The van der Waals surface area contributed by atoms with Gasteiger partial charge in [-0.25, -0.2) is 8.42 Å². The second-order valence-electron chi connectivity index (χ2n) is 4.25. The zero-order valence-corrected chi connectivity index (χ0v) is 12.4. The van der Waals surface area contributed by atoms with E-state index in [4.69, 9.17) is 5.73 Å². The van der Waals surface area contributed by atoms with Gasteiger partial charge in [0.25, 0.3) is 0 Å². The third-order valence-electron chi connectivity index (χ3n) is 2.68. The van der Waals surface area contributed by atoms with Crippen LogP contribution in [0.3, 0.4) is 0 Å². The van der Waals surface area contributed by atoms with Gasteiger partial charge in [-0.2, -0.15) is 0 Å². The number of hydrogen-bond acceptors (Lipinski definition) is 5. The molecule has 2 aromatic rings. The molecule has 0 fully saturated rings. The lowest BCUT2D eigenvalue weighted by molar-refractivity contribution is -0.117. The van der Waals surface area contributed by atoms with Gasteiger partial charge in [-0.15, -0.1) is 11.3 Å². The first-order valence-electron chi connectivity index (χ1n) is 5.78. The topological polar surface area (TPSA) is 89.3 Å². The van der Waals surface area contributed by atoms with Crippen molar-refractivity contribution in [3.05, 3.63) is 46.7 Å². The molecule has 0 saturated heterocycles. The van der Waals surface area contributed by atoms with Crippen LogP contribution in [0.2, 0.25) is 0 Å². The number of sulfone groups is 1. The highest BCUT2D eigenvalue weighted by Gasteiger charge is 2.20. The van der Waals surface area contributed by atoms with Crippen molar-refractivity contribution < 1.29 is 13.2 Å². The molecule has 1 aromatic heterocycles. The smallest absolute Gasteiger partial charge is 0.246 e. The molecule has 0 aliphatic heterocycles. The molecule has 2 rings (SSSR count). The largest absolute Gasteiger partial charge is 0.323 e. The number of carbonyl (C=O) groups is 1. The number of hydrogen-bond donors (Lipinski definition) is 2. The van der Waals surface area contributed by atoms with Crippen molar-refractivity contribution in [1.82, 2.24) is 0 Å². The van der Waals surface area contributed by atoms with Crippen molar-refractivity contribution in [2.24, 2.45) is 5.73 Å². The monoisotopic (exact) mass is 310 g/mol. The van der Waals surface area contributed by atoms with Gasteiger partial charge in [0.2, 0.25) is 5.91 Å². The Bertz CT molecular complexity index is 709. The van der Waals surface area contributed by atoms with Crippen molar-refractivity contribution in [1.29, 1.82) is 0 Å². The Kier molecular flexibility index (Phi) is 4.22. The number of carbonyl (C=O) groups excluding carboxylic acids is 1. The second kappa shape index (κ2) is 5.74.